The lowest BCUT2D eigenvalue weighted by Crippen LogP contribution is -2.41. The van der Waals surface area contributed by atoms with Crippen molar-refractivity contribution in [2.75, 3.05) is 6.54 Å². The molecule has 1 atom stereocenters. The van der Waals surface area contributed by atoms with Crippen LogP contribution in [0.15, 0.2) is 29.9 Å². The summed E-state index contributed by atoms with van der Waals surface area (Å²) in [5, 5.41) is 15.3. The second-order valence-electron chi connectivity index (χ2n) is 8.71. The summed E-state index contributed by atoms with van der Waals surface area (Å²) in [4.78, 5) is 21.0. The number of aryl methyl sites for hydroxylation is 1. The molecule has 0 saturated heterocycles. The Morgan fingerprint density at radius 3 is 2.80 bits per heavy atom. The van der Waals surface area contributed by atoms with Crippen molar-refractivity contribution in [3.8, 4) is 5.75 Å². The van der Waals surface area contributed by atoms with Gasteiger partial charge >= 0.3 is 0 Å². The zero-order chi connectivity index (χ0) is 21.6. The van der Waals surface area contributed by atoms with E-state index in [1.165, 1.54) is 4.88 Å². The topological polar surface area (TPSA) is 71.2 Å². The molecule has 0 bridgehead atoms. The van der Waals surface area contributed by atoms with Gasteiger partial charge in [0.2, 0.25) is 5.91 Å². The number of benzene rings is 1. The average Bonchev–Trinajstić information content (AvgIpc) is 3.32. The van der Waals surface area contributed by atoms with Gasteiger partial charge in [-0.05, 0) is 23.1 Å². The molecule has 1 aliphatic heterocycles. The highest BCUT2D eigenvalue weighted by atomic mass is 35.5. The maximum atomic E-state index is 13.4. The van der Waals surface area contributed by atoms with Gasteiger partial charge in [0.05, 0.1) is 28.3 Å². The highest BCUT2D eigenvalue weighted by Gasteiger charge is 2.35. The highest BCUT2D eigenvalue weighted by molar-refractivity contribution is 7.09. The number of aromatic nitrogens is 3. The van der Waals surface area contributed by atoms with Crippen molar-refractivity contribution in [2.24, 2.45) is 7.05 Å². The fourth-order valence-electron chi connectivity index (χ4n) is 3.82. The van der Waals surface area contributed by atoms with E-state index in [4.69, 9.17) is 11.6 Å². The number of rotatable bonds is 3. The van der Waals surface area contributed by atoms with Gasteiger partial charge in [-0.25, -0.2) is 4.98 Å². The van der Waals surface area contributed by atoms with E-state index in [2.05, 4.69) is 30.9 Å². The van der Waals surface area contributed by atoms with Crippen LogP contribution < -0.4 is 0 Å². The van der Waals surface area contributed by atoms with E-state index in [1.807, 2.05) is 35.8 Å². The lowest BCUT2D eigenvalue weighted by molar-refractivity contribution is -0.132. The van der Waals surface area contributed by atoms with Gasteiger partial charge in [-0.15, -0.1) is 11.3 Å². The van der Waals surface area contributed by atoms with Crippen LogP contribution in [0.5, 0.6) is 5.75 Å². The van der Waals surface area contributed by atoms with Crippen molar-refractivity contribution in [3.05, 3.63) is 62.3 Å². The molecule has 0 spiro atoms. The first-order valence-corrected chi connectivity index (χ1v) is 11.1. The molecule has 3 heterocycles. The van der Waals surface area contributed by atoms with Crippen LogP contribution in [0.4, 0.5) is 0 Å². The minimum Gasteiger partial charge on any atom is -0.506 e. The van der Waals surface area contributed by atoms with Crippen molar-refractivity contribution < 1.29 is 9.90 Å². The van der Waals surface area contributed by atoms with E-state index >= 15 is 0 Å². The normalized spacial score (nSPS) is 16.6. The Hall–Kier alpha value is -2.38. The molecule has 0 fully saturated rings. The fraction of sp³-hybridized carbons (Fsp3) is 0.409. The van der Waals surface area contributed by atoms with E-state index in [9.17, 15) is 9.90 Å². The summed E-state index contributed by atoms with van der Waals surface area (Å²) < 4.78 is 1.73. The molecular weight excluding hydrogens is 420 g/mol. The summed E-state index contributed by atoms with van der Waals surface area (Å²) in [6.07, 6.45) is 2.71. The summed E-state index contributed by atoms with van der Waals surface area (Å²) in [7, 11) is 1.86. The van der Waals surface area contributed by atoms with Crippen molar-refractivity contribution >= 4 is 28.8 Å². The Balaban J connectivity index is 1.69. The maximum absolute atomic E-state index is 13.4. The van der Waals surface area contributed by atoms with Gasteiger partial charge in [0.25, 0.3) is 0 Å². The van der Waals surface area contributed by atoms with Crippen molar-refractivity contribution in [2.45, 2.75) is 45.1 Å². The first-order valence-electron chi connectivity index (χ1n) is 9.88. The van der Waals surface area contributed by atoms with Crippen molar-refractivity contribution in [3.63, 3.8) is 0 Å². The first-order chi connectivity index (χ1) is 14.1. The van der Waals surface area contributed by atoms with Crippen LogP contribution in [0.3, 0.4) is 0 Å². The van der Waals surface area contributed by atoms with Crippen LogP contribution in [0, 0.1) is 0 Å². The number of carbonyl (C=O) groups is 1. The van der Waals surface area contributed by atoms with E-state index in [1.54, 1.807) is 22.1 Å². The molecule has 30 heavy (non-hydrogen) atoms. The highest BCUT2D eigenvalue weighted by Crippen LogP contribution is 2.38. The molecule has 1 aliphatic rings. The molecule has 0 radical (unpaired) electrons. The number of phenolic OH excluding ortho intramolecular Hbond substituents is 1. The predicted molar refractivity (Wildman–Crippen MR) is 118 cm³/mol. The number of carbonyl (C=O) groups excluding carboxylic acids is 1. The lowest BCUT2D eigenvalue weighted by Gasteiger charge is -2.34. The number of fused-ring (bicyclic) bond motifs is 1. The molecule has 1 aromatic carbocycles. The zero-order valence-corrected chi connectivity index (χ0v) is 19.1. The maximum Gasteiger partial charge on any atom is 0.228 e. The number of nitrogens with zero attached hydrogens (tertiary/aromatic N) is 4. The quantitative estimate of drug-likeness (QED) is 0.655. The SMILES string of the molecule is Cn1ccc(C2c3ncsc3CCN2C(=O)Cc2cc(C(C)(C)C)cc(Cl)c2O)n1. The summed E-state index contributed by atoms with van der Waals surface area (Å²) in [5.41, 5.74) is 4.89. The van der Waals surface area contributed by atoms with Gasteiger partial charge in [-0.3, -0.25) is 9.48 Å². The predicted octanol–water partition coefficient (Wildman–Crippen LogP) is 4.25. The molecule has 4 rings (SSSR count). The van der Waals surface area contributed by atoms with Gasteiger partial charge in [0, 0.05) is 36.7 Å². The summed E-state index contributed by atoms with van der Waals surface area (Å²) in [6, 6.07) is 5.25. The van der Waals surface area contributed by atoms with E-state index in [-0.39, 0.29) is 34.6 Å². The minimum atomic E-state index is -0.322. The van der Waals surface area contributed by atoms with Crippen molar-refractivity contribution in [1.29, 1.82) is 0 Å². The zero-order valence-electron chi connectivity index (χ0n) is 17.5. The number of aromatic hydroxyl groups is 1. The van der Waals surface area contributed by atoms with Crippen LogP contribution in [0.2, 0.25) is 5.02 Å². The molecule has 1 N–H and O–H groups in total. The second-order valence-corrected chi connectivity index (χ2v) is 10.1. The van der Waals surface area contributed by atoms with E-state index in [0.29, 0.717) is 12.1 Å². The smallest absolute Gasteiger partial charge is 0.228 e. The van der Waals surface area contributed by atoms with Gasteiger partial charge in [-0.1, -0.05) is 38.4 Å². The Labute approximate surface area is 185 Å². The molecule has 158 valence electrons. The molecule has 2 aromatic heterocycles. The molecule has 6 nitrogen and oxygen atoms in total. The van der Waals surface area contributed by atoms with Crippen LogP contribution >= 0.6 is 22.9 Å². The Kier molecular flexibility index (Phi) is 5.36. The van der Waals surface area contributed by atoms with Crippen LogP contribution in [-0.4, -0.2) is 37.2 Å². The average molecular weight is 445 g/mol. The van der Waals surface area contributed by atoms with Gasteiger partial charge in [0.1, 0.15) is 11.8 Å². The Morgan fingerprint density at radius 2 is 2.13 bits per heavy atom. The largest absolute Gasteiger partial charge is 0.506 e. The number of hydrogen-bond donors (Lipinski definition) is 1. The van der Waals surface area contributed by atoms with Crippen molar-refractivity contribution in [1.82, 2.24) is 19.7 Å². The number of halogens is 1. The van der Waals surface area contributed by atoms with Gasteiger partial charge in [0.15, 0.2) is 0 Å². The number of thiazole rings is 1. The summed E-state index contributed by atoms with van der Waals surface area (Å²) in [5.74, 6) is -0.111. The molecule has 1 unspecified atom stereocenters. The standard InChI is InChI=1S/C22H25ClN4O2S/c1-22(2,3)14-9-13(21(29)15(23)11-14)10-18(28)27-8-6-17-19(24-12-30-17)20(27)16-5-7-26(4)25-16/h5,7,9,11-12,20,29H,6,8,10H2,1-4H3. The minimum absolute atomic E-state index is 0.0289. The molecule has 1 amide bonds. The number of amides is 1. The van der Waals surface area contributed by atoms with E-state index < -0.39 is 0 Å². The van der Waals surface area contributed by atoms with Crippen LogP contribution in [-0.2, 0) is 30.1 Å². The van der Waals surface area contributed by atoms with Gasteiger partial charge < -0.3 is 10.0 Å². The first kappa shape index (κ1) is 20.9. The fourth-order valence-corrected chi connectivity index (χ4v) is 4.85. The number of hydrogen-bond acceptors (Lipinski definition) is 5. The second kappa shape index (κ2) is 7.71. The molecular formula is C22H25ClN4O2S. The Bertz CT molecular complexity index is 1100. The lowest BCUT2D eigenvalue weighted by atomic mass is 9.85. The molecule has 0 aliphatic carbocycles. The summed E-state index contributed by atoms with van der Waals surface area (Å²) >= 11 is 7.89. The van der Waals surface area contributed by atoms with Gasteiger partial charge in [-0.2, -0.15) is 5.10 Å². The van der Waals surface area contributed by atoms with E-state index in [0.717, 1.165) is 23.4 Å². The third kappa shape index (κ3) is 3.84. The molecule has 8 heteroatoms. The summed E-state index contributed by atoms with van der Waals surface area (Å²) in [6.45, 7) is 6.81. The number of phenols is 1. The van der Waals surface area contributed by atoms with Crippen LogP contribution in [0.25, 0.3) is 0 Å². The molecule has 0 saturated carbocycles. The monoisotopic (exact) mass is 444 g/mol. The molecule has 3 aromatic rings. The Morgan fingerprint density at radius 1 is 1.37 bits per heavy atom. The third-order valence-electron chi connectivity index (χ3n) is 5.51. The third-order valence-corrected chi connectivity index (χ3v) is 6.70. The van der Waals surface area contributed by atoms with Crippen LogP contribution in [0.1, 0.15) is 54.2 Å².